The summed E-state index contributed by atoms with van der Waals surface area (Å²) < 4.78 is 5.14. The Bertz CT molecular complexity index is 650. The van der Waals surface area contributed by atoms with E-state index in [1.165, 1.54) is 4.88 Å². The highest BCUT2D eigenvalue weighted by atomic mass is 32.1. The summed E-state index contributed by atoms with van der Waals surface area (Å²) >= 11 is 1.57. The smallest absolute Gasteiger partial charge is 0.257 e. The third-order valence-corrected chi connectivity index (χ3v) is 4.89. The molecule has 0 atom stereocenters. The summed E-state index contributed by atoms with van der Waals surface area (Å²) in [5.74, 6) is 1.06. The Morgan fingerprint density at radius 2 is 2.23 bits per heavy atom. The number of carbonyl (C=O) groups excluding carboxylic acids is 1. The van der Waals surface area contributed by atoms with Crippen molar-refractivity contribution in [2.75, 3.05) is 25.5 Å². The van der Waals surface area contributed by atoms with Gasteiger partial charge < -0.3 is 10.1 Å². The van der Waals surface area contributed by atoms with Crippen molar-refractivity contribution in [3.63, 3.8) is 0 Å². The van der Waals surface area contributed by atoms with Crippen LogP contribution in [0.2, 0.25) is 0 Å². The van der Waals surface area contributed by atoms with Crippen LogP contribution in [0.25, 0.3) is 0 Å². The van der Waals surface area contributed by atoms with Crippen LogP contribution in [0.3, 0.4) is 0 Å². The maximum atomic E-state index is 12.3. The van der Waals surface area contributed by atoms with Crippen LogP contribution in [0.4, 0.5) is 5.13 Å². The average molecular weight is 317 g/mol. The van der Waals surface area contributed by atoms with Gasteiger partial charge in [-0.15, -0.1) is 11.3 Å². The van der Waals surface area contributed by atoms with Crippen molar-refractivity contribution in [2.24, 2.45) is 0 Å². The Balaban J connectivity index is 1.67. The maximum absolute atomic E-state index is 12.3. The molecule has 0 unspecified atom stereocenters. The second-order valence-corrected chi connectivity index (χ2v) is 6.34. The molecule has 5 nitrogen and oxygen atoms in total. The van der Waals surface area contributed by atoms with E-state index in [0.29, 0.717) is 22.4 Å². The molecule has 1 saturated heterocycles. The van der Waals surface area contributed by atoms with E-state index in [9.17, 15) is 4.79 Å². The van der Waals surface area contributed by atoms with E-state index in [0.717, 1.165) is 25.9 Å². The van der Waals surface area contributed by atoms with E-state index in [4.69, 9.17) is 4.74 Å². The molecular weight excluding hydrogens is 298 g/mol. The molecule has 2 N–H and O–H groups in total. The minimum absolute atomic E-state index is 0.162. The van der Waals surface area contributed by atoms with Crippen LogP contribution in [0.5, 0.6) is 5.75 Å². The van der Waals surface area contributed by atoms with Gasteiger partial charge in [-0.2, -0.15) is 0 Å². The van der Waals surface area contributed by atoms with Crippen molar-refractivity contribution < 1.29 is 9.53 Å². The predicted molar refractivity (Wildman–Crippen MR) is 87.9 cm³/mol. The van der Waals surface area contributed by atoms with Crippen molar-refractivity contribution in [2.45, 2.75) is 18.8 Å². The van der Waals surface area contributed by atoms with E-state index < -0.39 is 0 Å². The SMILES string of the molecule is COc1cccc(C(=O)Nc2ncc(C3CCNCC3)s2)c1. The Hall–Kier alpha value is -1.92. The lowest BCUT2D eigenvalue weighted by molar-refractivity contribution is 0.102. The number of nitrogens with zero attached hydrogens (tertiary/aromatic N) is 1. The van der Waals surface area contributed by atoms with Gasteiger partial charge in [0.1, 0.15) is 5.75 Å². The number of hydrogen-bond donors (Lipinski definition) is 2. The number of benzene rings is 1. The zero-order valence-corrected chi connectivity index (χ0v) is 13.3. The van der Waals surface area contributed by atoms with Gasteiger partial charge in [-0.1, -0.05) is 6.07 Å². The molecule has 0 spiro atoms. The summed E-state index contributed by atoms with van der Waals surface area (Å²) in [4.78, 5) is 17.8. The summed E-state index contributed by atoms with van der Waals surface area (Å²) in [5.41, 5.74) is 0.568. The van der Waals surface area contributed by atoms with E-state index in [1.54, 1.807) is 36.6 Å². The molecule has 2 heterocycles. The summed E-state index contributed by atoms with van der Waals surface area (Å²) in [6.45, 7) is 2.10. The second-order valence-electron chi connectivity index (χ2n) is 5.28. The van der Waals surface area contributed by atoms with Crippen LogP contribution in [0.15, 0.2) is 30.5 Å². The molecular formula is C16H19N3O2S. The molecule has 1 amide bonds. The van der Waals surface area contributed by atoms with Crippen LogP contribution in [-0.4, -0.2) is 31.1 Å². The number of rotatable bonds is 4. The van der Waals surface area contributed by atoms with Crippen molar-refractivity contribution in [3.8, 4) is 5.75 Å². The Labute approximate surface area is 133 Å². The number of methoxy groups -OCH3 is 1. The zero-order valence-electron chi connectivity index (χ0n) is 12.5. The highest BCUT2D eigenvalue weighted by molar-refractivity contribution is 7.15. The topological polar surface area (TPSA) is 63.2 Å². The fourth-order valence-corrected chi connectivity index (χ4v) is 3.55. The molecule has 1 aromatic heterocycles. The van der Waals surface area contributed by atoms with Crippen LogP contribution >= 0.6 is 11.3 Å². The molecule has 1 aliphatic heterocycles. The molecule has 0 saturated carbocycles. The van der Waals surface area contributed by atoms with Gasteiger partial charge in [-0.3, -0.25) is 10.1 Å². The van der Waals surface area contributed by atoms with E-state index in [2.05, 4.69) is 15.6 Å². The number of carbonyl (C=O) groups is 1. The molecule has 3 rings (SSSR count). The van der Waals surface area contributed by atoms with Gasteiger partial charge in [-0.05, 0) is 50.0 Å². The number of ether oxygens (including phenoxy) is 1. The maximum Gasteiger partial charge on any atom is 0.257 e. The van der Waals surface area contributed by atoms with Gasteiger partial charge in [0.05, 0.1) is 7.11 Å². The predicted octanol–water partition coefficient (Wildman–Crippen LogP) is 2.87. The zero-order chi connectivity index (χ0) is 15.4. The fraction of sp³-hybridized carbons (Fsp3) is 0.375. The molecule has 6 heteroatoms. The number of amides is 1. The third kappa shape index (κ3) is 3.45. The van der Waals surface area contributed by atoms with E-state index >= 15 is 0 Å². The highest BCUT2D eigenvalue weighted by Crippen LogP contribution is 2.31. The molecule has 0 radical (unpaired) electrons. The van der Waals surface area contributed by atoms with Crippen molar-refractivity contribution in [1.82, 2.24) is 10.3 Å². The first-order chi connectivity index (χ1) is 10.8. The van der Waals surface area contributed by atoms with E-state index in [-0.39, 0.29) is 5.91 Å². The number of piperidine rings is 1. The number of anilines is 1. The molecule has 116 valence electrons. The Morgan fingerprint density at radius 3 is 3.00 bits per heavy atom. The molecule has 0 aliphatic carbocycles. The minimum atomic E-state index is -0.162. The number of nitrogens with one attached hydrogen (secondary N) is 2. The third-order valence-electron chi connectivity index (χ3n) is 3.82. The van der Waals surface area contributed by atoms with Crippen LogP contribution < -0.4 is 15.4 Å². The first-order valence-electron chi connectivity index (χ1n) is 7.38. The standard InChI is InChI=1S/C16H19N3O2S/c1-21-13-4-2-3-12(9-13)15(20)19-16-18-10-14(22-16)11-5-7-17-8-6-11/h2-4,9-11,17H,5-8H2,1H3,(H,18,19,20). The summed E-state index contributed by atoms with van der Waals surface area (Å²) in [5, 5.41) is 6.88. The van der Waals surface area contributed by atoms with E-state index in [1.807, 2.05) is 12.3 Å². The molecule has 1 aliphatic rings. The molecule has 0 bridgehead atoms. The van der Waals surface area contributed by atoms with Gasteiger partial charge in [0.25, 0.3) is 5.91 Å². The van der Waals surface area contributed by atoms with Crippen molar-refractivity contribution >= 4 is 22.4 Å². The van der Waals surface area contributed by atoms with Crippen LogP contribution in [-0.2, 0) is 0 Å². The van der Waals surface area contributed by atoms with Gasteiger partial charge in [-0.25, -0.2) is 4.98 Å². The summed E-state index contributed by atoms with van der Waals surface area (Å²) in [6, 6.07) is 7.10. The van der Waals surface area contributed by atoms with Crippen LogP contribution in [0.1, 0.15) is 34.0 Å². The van der Waals surface area contributed by atoms with Gasteiger partial charge in [0.15, 0.2) is 5.13 Å². The number of hydrogen-bond acceptors (Lipinski definition) is 5. The van der Waals surface area contributed by atoms with Gasteiger partial charge >= 0.3 is 0 Å². The van der Waals surface area contributed by atoms with Gasteiger partial charge in [0.2, 0.25) is 0 Å². The average Bonchev–Trinajstić information content (AvgIpc) is 3.04. The first kappa shape index (κ1) is 15.0. The summed E-state index contributed by atoms with van der Waals surface area (Å²) in [7, 11) is 1.59. The molecule has 22 heavy (non-hydrogen) atoms. The quantitative estimate of drug-likeness (QED) is 0.910. The molecule has 2 aromatic rings. The molecule has 1 aromatic carbocycles. The highest BCUT2D eigenvalue weighted by Gasteiger charge is 2.18. The monoisotopic (exact) mass is 317 g/mol. The minimum Gasteiger partial charge on any atom is -0.497 e. The molecule has 1 fully saturated rings. The lowest BCUT2D eigenvalue weighted by atomic mass is 9.97. The second kappa shape index (κ2) is 6.89. The number of aromatic nitrogens is 1. The largest absolute Gasteiger partial charge is 0.497 e. The lowest BCUT2D eigenvalue weighted by Crippen LogP contribution is -2.26. The van der Waals surface area contributed by atoms with Gasteiger partial charge in [0, 0.05) is 16.6 Å². The summed E-state index contributed by atoms with van der Waals surface area (Å²) in [6.07, 6.45) is 4.15. The van der Waals surface area contributed by atoms with Crippen molar-refractivity contribution in [1.29, 1.82) is 0 Å². The van der Waals surface area contributed by atoms with Crippen molar-refractivity contribution in [3.05, 3.63) is 40.9 Å². The first-order valence-corrected chi connectivity index (χ1v) is 8.20. The normalized spacial score (nSPS) is 15.5. The number of thiazole rings is 1. The Morgan fingerprint density at radius 1 is 1.41 bits per heavy atom. The van der Waals surface area contributed by atoms with Crippen LogP contribution in [0, 0.1) is 0 Å². The Kier molecular flexibility index (Phi) is 4.70. The lowest BCUT2D eigenvalue weighted by Gasteiger charge is -2.20. The fourth-order valence-electron chi connectivity index (χ4n) is 2.57.